The van der Waals surface area contributed by atoms with Crippen molar-refractivity contribution < 1.29 is 37.0 Å². The van der Waals surface area contributed by atoms with Crippen LogP contribution in [0.25, 0.3) is 0 Å². The zero-order valence-corrected chi connectivity index (χ0v) is 14.4. The number of alkyl halides is 3. The van der Waals surface area contributed by atoms with E-state index in [-0.39, 0.29) is 15.8 Å². The number of hydrogen-bond donors (Lipinski definition) is 3. The van der Waals surface area contributed by atoms with Crippen LogP contribution in [0.5, 0.6) is 5.75 Å². The summed E-state index contributed by atoms with van der Waals surface area (Å²) in [6.07, 6.45) is -3.84. The first-order valence-corrected chi connectivity index (χ1v) is 7.43. The van der Waals surface area contributed by atoms with Crippen molar-refractivity contribution in [3.8, 4) is 5.75 Å². The third-order valence-electron chi connectivity index (χ3n) is 2.64. The van der Waals surface area contributed by atoms with Crippen LogP contribution in [0, 0.1) is 0 Å². The summed E-state index contributed by atoms with van der Waals surface area (Å²) in [5.74, 6) is -2.19. The van der Waals surface area contributed by atoms with Crippen LogP contribution in [0.2, 0.25) is 0 Å². The number of carbonyl (C=O) groups is 2. The predicted molar refractivity (Wildman–Crippen MR) is 87.0 cm³/mol. The standard InChI is InChI=1S/C13H8BrF3N2O5S/c14-8-3-6(1-2-9(8)24-13(15,16)17)18-12(22)19(25)7-4-10(11(20)21)23-5-7/h1-5,25H,(H,18,22)(H,20,21). The third kappa shape index (κ3) is 5.06. The molecule has 0 aliphatic carbocycles. The van der Waals surface area contributed by atoms with E-state index in [2.05, 4.69) is 38.8 Å². The van der Waals surface area contributed by atoms with Gasteiger partial charge in [0.15, 0.2) is 0 Å². The number of carboxylic acids is 1. The number of anilines is 2. The van der Waals surface area contributed by atoms with Crippen molar-refractivity contribution >= 4 is 52.1 Å². The van der Waals surface area contributed by atoms with Gasteiger partial charge in [0.25, 0.3) is 0 Å². The SMILES string of the molecule is O=C(O)c1cc(N(S)C(=O)Nc2ccc(OC(F)(F)F)c(Br)c2)co1. The molecule has 0 spiro atoms. The highest BCUT2D eigenvalue weighted by Crippen LogP contribution is 2.32. The van der Waals surface area contributed by atoms with Gasteiger partial charge in [0.2, 0.25) is 5.76 Å². The predicted octanol–water partition coefficient (Wildman–Crippen LogP) is 4.52. The number of amides is 2. The maximum absolute atomic E-state index is 12.2. The lowest BCUT2D eigenvalue weighted by atomic mass is 10.3. The summed E-state index contributed by atoms with van der Waals surface area (Å²) in [6, 6.07) is 3.67. The smallest absolute Gasteiger partial charge is 0.475 e. The average molecular weight is 441 g/mol. The zero-order valence-electron chi connectivity index (χ0n) is 11.9. The van der Waals surface area contributed by atoms with Crippen molar-refractivity contribution in [3.05, 3.63) is 40.8 Å². The zero-order chi connectivity index (χ0) is 18.8. The molecule has 0 bridgehead atoms. The second kappa shape index (κ2) is 7.27. The summed E-state index contributed by atoms with van der Waals surface area (Å²) in [5, 5.41) is 11.1. The first-order chi connectivity index (χ1) is 11.6. The molecule has 12 heteroatoms. The summed E-state index contributed by atoms with van der Waals surface area (Å²) in [7, 11) is 0. The molecule has 1 heterocycles. The van der Waals surface area contributed by atoms with Crippen LogP contribution < -0.4 is 14.4 Å². The summed E-state index contributed by atoms with van der Waals surface area (Å²) >= 11 is 6.81. The lowest BCUT2D eigenvalue weighted by Gasteiger charge is -2.15. The Balaban J connectivity index is 2.09. The minimum Gasteiger partial charge on any atom is -0.475 e. The van der Waals surface area contributed by atoms with Crippen LogP contribution in [0.4, 0.5) is 29.3 Å². The molecule has 2 amide bonds. The van der Waals surface area contributed by atoms with Crippen LogP contribution in [-0.2, 0) is 0 Å². The van der Waals surface area contributed by atoms with Crippen molar-refractivity contribution in [2.24, 2.45) is 0 Å². The Kier molecular flexibility index (Phi) is 5.52. The normalized spacial score (nSPS) is 11.1. The molecule has 134 valence electrons. The van der Waals surface area contributed by atoms with Crippen LogP contribution in [0.1, 0.15) is 10.6 Å². The van der Waals surface area contributed by atoms with Crippen LogP contribution in [-0.4, -0.2) is 23.5 Å². The molecule has 0 unspecified atom stereocenters. The number of benzene rings is 1. The van der Waals surface area contributed by atoms with E-state index in [1.807, 2.05) is 0 Å². The quantitative estimate of drug-likeness (QED) is 0.607. The highest BCUT2D eigenvalue weighted by atomic mass is 79.9. The third-order valence-corrected chi connectivity index (χ3v) is 3.67. The molecule has 0 atom stereocenters. The number of carboxylic acid groups (broad SMARTS) is 1. The number of thiol groups is 1. The molecule has 2 rings (SSSR count). The number of nitrogens with zero attached hydrogens (tertiary/aromatic N) is 1. The van der Waals surface area contributed by atoms with Gasteiger partial charge in [0.05, 0.1) is 10.2 Å². The van der Waals surface area contributed by atoms with Crippen LogP contribution in [0.15, 0.2) is 39.4 Å². The number of ether oxygens (including phenoxy) is 1. The molecule has 1 aromatic heterocycles. The molecule has 1 aromatic carbocycles. The lowest BCUT2D eigenvalue weighted by Crippen LogP contribution is -2.26. The number of hydrogen-bond acceptors (Lipinski definition) is 5. The fourth-order valence-corrected chi connectivity index (χ4v) is 2.24. The van der Waals surface area contributed by atoms with Crippen molar-refractivity contribution in [2.45, 2.75) is 6.36 Å². The number of urea groups is 1. The van der Waals surface area contributed by atoms with Gasteiger partial charge in [-0.25, -0.2) is 13.9 Å². The van der Waals surface area contributed by atoms with E-state index < -0.39 is 29.9 Å². The highest BCUT2D eigenvalue weighted by molar-refractivity contribution is 9.10. The Morgan fingerprint density at radius 3 is 2.52 bits per heavy atom. The number of furan rings is 1. The monoisotopic (exact) mass is 440 g/mol. The average Bonchev–Trinajstić information content (AvgIpc) is 2.98. The van der Waals surface area contributed by atoms with E-state index >= 15 is 0 Å². The number of halogens is 4. The van der Waals surface area contributed by atoms with Gasteiger partial charge in [-0.05, 0) is 34.1 Å². The second-order valence-electron chi connectivity index (χ2n) is 4.41. The molecule has 0 radical (unpaired) electrons. The first-order valence-electron chi connectivity index (χ1n) is 6.24. The van der Waals surface area contributed by atoms with E-state index in [1.165, 1.54) is 12.1 Å². The topological polar surface area (TPSA) is 92.0 Å². The Bertz CT molecular complexity index is 811. The molecular weight excluding hydrogens is 433 g/mol. The maximum Gasteiger partial charge on any atom is 0.573 e. The van der Waals surface area contributed by atoms with E-state index in [1.54, 1.807) is 0 Å². The molecule has 2 aromatic rings. The van der Waals surface area contributed by atoms with Crippen LogP contribution >= 0.6 is 28.7 Å². The summed E-state index contributed by atoms with van der Waals surface area (Å²) < 4.78 is 45.9. The number of nitrogens with one attached hydrogen (secondary N) is 1. The molecule has 0 aliphatic heterocycles. The Morgan fingerprint density at radius 1 is 1.32 bits per heavy atom. The van der Waals surface area contributed by atoms with Gasteiger partial charge in [-0.3, -0.25) is 0 Å². The van der Waals surface area contributed by atoms with Crippen molar-refractivity contribution in [1.82, 2.24) is 0 Å². The molecule has 0 aliphatic rings. The fourth-order valence-electron chi connectivity index (χ4n) is 1.63. The van der Waals surface area contributed by atoms with E-state index in [9.17, 15) is 22.8 Å². The largest absolute Gasteiger partial charge is 0.573 e. The summed E-state index contributed by atoms with van der Waals surface area (Å²) in [4.78, 5) is 22.8. The Morgan fingerprint density at radius 2 is 2.00 bits per heavy atom. The molecule has 25 heavy (non-hydrogen) atoms. The van der Waals surface area contributed by atoms with Gasteiger partial charge in [-0.15, -0.1) is 13.2 Å². The molecular formula is C13H8BrF3N2O5S. The fraction of sp³-hybridized carbons (Fsp3) is 0.0769. The van der Waals surface area contributed by atoms with E-state index in [0.29, 0.717) is 0 Å². The minimum absolute atomic E-state index is 0.0372. The van der Waals surface area contributed by atoms with Gasteiger partial charge in [0.1, 0.15) is 12.0 Å². The Labute approximate surface area is 152 Å². The van der Waals surface area contributed by atoms with Crippen molar-refractivity contribution in [1.29, 1.82) is 0 Å². The van der Waals surface area contributed by atoms with Gasteiger partial charge < -0.3 is 19.6 Å². The van der Waals surface area contributed by atoms with Crippen molar-refractivity contribution in [3.63, 3.8) is 0 Å². The van der Waals surface area contributed by atoms with Gasteiger partial charge >= 0.3 is 18.4 Å². The molecule has 7 nitrogen and oxygen atoms in total. The first kappa shape index (κ1) is 19.0. The van der Waals surface area contributed by atoms with E-state index in [0.717, 1.165) is 22.7 Å². The molecule has 0 saturated carbocycles. The van der Waals surface area contributed by atoms with Gasteiger partial charge in [0, 0.05) is 11.8 Å². The second-order valence-corrected chi connectivity index (χ2v) is 5.66. The summed E-state index contributed by atoms with van der Waals surface area (Å²) in [5.41, 5.74) is 0.196. The van der Waals surface area contributed by atoms with Crippen molar-refractivity contribution in [2.75, 3.05) is 9.62 Å². The highest BCUT2D eigenvalue weighted by Gasteiger charge is 2.32. The Hall–Kier alpha value is -2.34. The number of carbonyl (C=O) groups excluding carboxylic acids is 1. The maximum atomic E-state index is 12.2. The van der Waals surface area contributed by atoms with E-state index in [4.69, 9.17) is 9.52 Å². The minimum atomic E-state index is -4.85. The van der Waals surface area contributed by atoms with Gasteiger partial charge in [-0.1, -0.05) is 12.8 Å². The van der Waals surface area contributed by atoms with Crippen LogP contribution in [0.3, 0.4) is 0 Å². The number of rotatable bonds is 4. The molecule has 0 saturated heterocycles. The number of aromatic carboxylic acids is 1. The van der Waals surface area contributed by atoms with Gasteiger partial charge in [-0.2, -0.15) is 0 Å². The summed E-state index contributed by atoms with van der Waals surface area (Å²) in [6.45, 7) is 0. The molecule has 2 N–H and O–H groups in total. The lowest BCUT2D eigenvalue weighted by molar-refractivity contribution is -0.274. The molecule has 0 fully saturated rings.